The molecule has 0 atom stereocenters. The van der Waals surface area contributed by atoms with Crippen LogP contribution in [0.2, 0.25) is 0 Å². The number of aryl methyl sites for hydroxylation is 1. The summed E-state index contributed by atoms with van der Waals surface area (Å²) in [5.74, 6) is -0.181. The van der Waals surface area contributed by atoms with Gasteiger partial charge in [-0.05, 0) is 47.8 Å². The van der Waals surface area contributed by atoms with Crippen molar-refractivity contribution in [2.75, 3.05) is 37.7 Å². The lowest BCUT2D eigenvalue weighted by atomic mass is 10.1. The topological polar surface area (TPSA) is 43.9 Å². The van der Waals surface area contributed by atoms with Gasteiger partial charge in [0.25, 0.3) is 11.1 Å². The monoisotopic (exact) mass is 399 g/mol. The first kappa shape index (κ1) is 18.3. The minimum absolute atomic E-state index is 0.177. The maximum Gasteiger partial charge on any atom is 0.294 e. The normalized spacial score (nSPS) is 20.1. The Morgan fingerprint density at radius 1 is 1.04 bits per heavy atom. The Morgan fingerprint density at radius 2 is 1.81 bits per heavy atom. The molecule has 2 aliphatic heterocycles. The molecule has 5 nitrogen and oxygen atoms in total. The number of hydrogen-bond donors (Lipinski definition) is 0. The van der Waals surface area contributed by atoms with Crippen molar-refractivity contribution in [2.45, 2.75) is 6.92 Å². The molecule has 2 amide bonds. The number of para-hydroxylation sites is 1. The van der Waals surface area contributed by atoms with E-state index in [0.29, 0.717) is 11.6 Å². The molecule has 2 aromatic rings. The molecule has 0 radical (unpaired) electrons. The summed E-state index contributed by atoms with van der Waals surface area (Å²) in [6.45, 7) is 5.95. The molecule has 140 valence electrons. The van der Waals surface area contributed by atoms with Gasteiger partial charge in [-0.15, -0.1) is 11.3 Å². The highest BCUT2D eigenvalue weighted by Gasteiger charge is 2.36. The largest absolute Gasteiger partial charge is 0.369 e. The standard InChI is InChI=1S/C20H21N3O2S2/c1-15-5-2-3-7-17(15)22-10-8-21(9-11-22)14-23-19(24)18(27-20(23)25)13-16-6-4-12-26-16/h2-7,12-13H,8-11,14H2,1H3/b18-13+. The third kappa shape index (κ3) is 3.95. The molecule has 1 aromatic heterocycles. The average Bonchev–Trinajstić information content (AvgIpc) is 3.27. The van der Waals surface area contributed by atoms with Crippen LogP contribution in [0.15, 0.2) is 46.7 Å². The van der Waals surface area contributed by atoms with E-state index < -0.39 is 0 Å². The van der Waals surface area contributed by atoms with Gasteiger partial charge in [-0.2, -0.15) is 0 Å². The highest BCUT2D eigenvalue weighted by atomic mass is 32.2. The fourth-order valence-corrected chi connectivity index (χ4v) is 4.93. The number of thioether (sulfide) groups is 1. The van der Waals surface area contributed by atoms with E-state index >= 15 is 0 Å². The summed E-state index contributed by atoms with van der Waals surface area (Å²) in [7, 11) is 0. The van der Waals surface area contributed by atoms with Crippen LogP contribution in [0.25, 0.3) is 6.08 Å². The number of piperazine rings is 1. The molecule has 0 N–H and O–H groups in total. The van der Waals surface area contributed by atoms with Gasteiger partial charge >= 0.3 is 0 Å². The van der Waals surface area contributed by atoms with Crippen molar-refractivity contribution in [1.29, 1.82) is 0 Å². The molecule has 3 heterocycles. The predicted molar refractivity (Wildman–Crippen MR) is 112 cm³/mol. The maximum atomic E-state index is 12.6. The van der Waals surface area contributed by atoms with Crippen molar-refractivity contribution in [2.24, 2.45) is 0 Å². The lowest BCUT2D eigenvalue weighted by molar-refractivity contribution is -0.124. The van der Waals surface area contributed by atoms with Gasteiger partial charge in [0, 0.05) is 36.7 Å². The summed E-state index contributed by atoms with van der Waals surface area (Å²) in [6.07, 6.45) is 1.81. The van der Waals surface area contributed by atoms with Crippen molar-refractivity contribution in [3.8, 4) is 0 Å². The summed E-state index contributed by atoms with van der Waals surface area (Å²) in [6, 6.07) is 12.3. The third-order valence-electron chi connectivity index (χ3n) is 4.86. The molecule has 1 aromatic carbocycles. The molecule has 0 unspecified atom stereocenters. The summed E-state index contributed by atoms with van der Waals surface area (Å²) >= 11 is 2.60. The number of carbonyl (C=O) groups is 2. The van der Waals surface area contributed by atoms with Crippen LogP contribution in [0, 0.1) is 6.92 Å². The predicted octanol–water partition coefficient (Wildman–Crippen LogP) is 3.87. The van der Waals surface area contributed by atoms with Gasteiger partial charge in [0.2, 0.25) is 0 Å². The lowest BCUT2D eigenvalue weighted by Crippen LogP contribution is -2.51. The molecule has 2 saturated heterocycles. The fourth-order valence-electron chi connectivity index (χ4n) is 3.37. The SMILES string of the molecule is Cc1ccccc1N1CCN(CN2C(=O)S/C(=C/c3cccs3)C2=O)CC1. The number of imide groups is 1. The van der Waals surface area contributed by atoms with Crippen LogP contribution in [0.5, 0.6) is 0 Å². The van der Waals surface area contributed by atoms with Gasteiger partial charge in [-0.1, -0.05) is 24.3 Å². The highest BCUT2D eigenvalue weighted by Crippen LogP contribution is 2.33. The molecule has 2 fully saturated rings. The number of hydrogen-bond acceptors (Lipinski definition) is 6. The Balaban J connectivity index is 1.37. The van der Waals surface area contributed by atoms with E-state index in [-0.39, 0.29) is 11.1 Å². The first-order valence-electron chi connectivity index (χ1n) is 8.93. The van der Waals surface area contributed by atoms with Gasteiger partial charge < -0.3 is 4.90 Å². The Hall–Kier alpha value is -2.09. The molecule has 0 bridgehead atoms. The minimum Gasteiger partial charge on any atom is -0.369 e. The van der Waals surface area contributed by atoms with Crippen LogP contribution in [0.4, 0.5) is 10.5 Å². The molecule has 7 heteroatoms. The number of thiophene rings is 1. The number of carbonyl (C=O) groups excluding carboxylic acids is 2. The van der Waals surface area contributed by atoms with E-state index in [4.69, 9.17) is 0 Å². The summed E-state index contributed by atoms with van der Waals surface area (Å²) in [5.41, 5.74) is 2.54. The summed E-state index contributed by atoms with van der Waals surface area (Å²) in [4.78, 5) is 32.4. The molecular formula is C20H21N3O2S2. The van der Waals surface area contributed by atoms with Crippen LogP contribution >= 0.6 is 23.1 Å². The second-order valence-corrected chi connectivity index (χ2v) is 8.63. The Morgan fingerprint density at radius 3 is 2.52 bits per heavy atom. The smallest absolute Gasteiger partial charge is 0.294 e. The van der Waals surface area contributed by atoms with E-state index in [1.807, 2.05) is 23.6 Å². The molecule has 0 spiro atoms. The van der Waals surface area contributed by atoms with Crippen molar-refractivity contribution in [3.05, 3.63) is 57.1 Å². The molecule has 0 saturated carbocycles. The quantitative estimate of drug-likeness (QED) is 0.730. The maximum absolute atomic E-state index is 12.6. The summed E-state index contributed by atoms with van der Waals surface area (Å²) in [5, 5.41) is 1.79. The highest BCUT2D eigenvalue weighted by molar-refractivity contribution is 8.18. The molecule has 0 aliphatic carbocycles. The zero-order valence-electron chi connectivity index (χ0n) is 15.1. The molecule has 4 rings (SSSR count). The molecular weight excluding hydrogens is 378 g/mol. The first-order valence-corrected chi connectivity index (χ1v) is 10.6. The van der Waals surface area contributed by atoms with Crippen LogP contribution in [0.1, 0.15) is 10.4 Å². The Labute approximate surface area is 167 Å². The number of nitrogens with zero attached hydrogens (tertiary/aromatic N) is 3. The van der Waals surface area contributed by atoms with E-state index in [2.05, 4.69) is 41.0 Å². The number of rotatable bonds is 4. The number of anilines is 1. The van der Waals surface area contributed by atoms with E-state index in [0.717, 1.165) is 42.8 Å². The van der Waals surface area contributed by atoms with Crippen molar-refractivity contribution in [1.82, 2.24) is 9.80 Å². The zero-order chi connectivity index (χ0) is 18.8. The lowest BCUT2D eigenvalue weighted by Gasteiger charge is -2.37. The molecule has 27 heavy (non-hydrogen) atoms. The first-order chi connectivity index (χ1) is 13.1. The second-order valence-electron chi connectivity index (χ2n) is 6.66. The van der Waals surface area contributed by atoms with Gasteiger partial charge in [-0.25, -0.2) is 0 Å². The van der Waals surface area contributed by atoms with Gasteiger partial charge in [0.05, 0.1) is 11.6 Å². The fraction of sp³-hybridized carbons (Fsp3) is 0.300. The van der Waals surface area contributed by atoms with Crippen LogP contribution in [-0.2, 0) is 4.79 Å². The third-order valence-corrected chi connectivity index (χ3v) is 6.59. The average molecular weight is 400 g/mol. The Bertz CT molecular complexity index is 871. The van der Waals surface area contributed by atoms with E-state index in [1.165, 1.54) is 16.2 Å². The molecule has 2 aliphatic rings. The minimum atomic E-state index is -0.181. The van der Waals surface area contributed by atoms with E-state index in [9.17, 15) is 9.59 Å². The van der Waals surface area contributed by atoms with Crippen molar-refractivity contribution < 1.29 is 9.59 Å². The second kappa shape index (κ2) is 7.88. The van der Waals surface area contributed by atoms with Gasteiger partial charge in [-0.3, -0.25) is 19.4 Å². The van der Waals surface area contributed by atoms with E-state index in [1.54, 1.807) is 11.3 Å². The van der Waals surface area contributed by atoms with Gasteiger partial charge in [0.15, 0.2) is 0 Å². The number of amides is 2. The van der Waals surface area contributed by atoms with Crippen molar-refractivity contribution in [3.63, 3.8) is 0 Å². The Kier molecular flexibility index (Phi) is 5.33. The van der Waals surface area contributed by atoms with Crippen LogP contribution < -0.4 is 4.90 Å². The van der Waals surface area contributed by atoms with Gasteiger partial charge in [0.1, 0.15) is 0 Å². The van der Waals surface area contributed by atoms with Crippen molar-refractivity contribution >= 4 is 46.0 Å². The number of benzene rings is 1. The van der Waals surface area contributed by atoms with Crippen LogP contribution in [-0.4, -0.2) is 53.8 Å². The zero-order valence-corrected chi connectivity index (χ0v) is 16.8. The van der Waals surface area contributed by atoms with Crippen LogP contribution in [0.3, 0.4) is 0 Å². The summed E-state index contributed by atoms with van der Waals surface area (Å²) < 4.78 is 0.